The molecule has 0 spiro atoms. The Bertz CT molecular complexity index is 380. The fourth-order valence-electron chi connectivity index (χ4n) is 1.72. The van der Waals surface area contributed by atoms with Crippen LogP contribution in [-0.2, 0) is 16.0 Å². The SMILES string of the molecule is CCNC(=O)C(C)Nc1ccccc1CCOC. The number of anilines is 1. The first-order valence-corrected chi connectivity index (χ1v) is 6.30. The van der Waals surface area contributed by atoms with Gasteiger partial charge >= 0.3 is 0 Å². The number of amides is 1. The number of likely N-dealkylation sites (N-methyl/N-ethyl adjacent to an activating group) is 1. The monoisotopic (exact) mass is 250 g/mol. The van der Waals surface area contributed by atoms with Crippen molar-refractivity contribution in [2.24, 2.45) is 0 Å². The van der Waals surface area contributed by atoms with E-state index in [-0.39, 0.29) is 11.9 Å². The van der Waals surface area contributed by atoms with Gasteiger partial charge < -0.3 is 15.4 Å². The van der Waals surface area contributed by atoms with Gasteiger partial charge in [0.2, 0.25) is 5.91 Å². The van der Waals surface area contributed by atoms with E-state index in [4.69, 9.17) is 4.74 Å². The summed E-state index contributed by atoms with van der Waals surface area (Å²) in [5.74, 6) is 0.0130. The molecule has 1 amide bonds. The molecule has 0 heterocycles. The van der Waals surface area contributed by atoms with Gasteiger partial charge in [-0.25, -0.2) is 0 Å². The minimum atomic E-state index is -0.242. The summed E-state index contributed by atoms with van der Waals surface area (Å²) < 4.78 is 5.08. The first kappa shape index (κ1) is 14.5. The Kier molecular flexibility index (Phi) is 6.22. The number of carbonyl (C=O) groups is 1. The van der Waals surface area contributed by atoms with E-state index < -0.39 is 0 Å². The summed E-state index contributed by atoms with van der Waals surface area (Å²) in [6.07, 6.45) is 0.835. The van der Waals surface area contributed by atoms with Crippen molar-refractivity contribution in [3.8, 4) is 0 Å². The molecule has 0 aromatic heterocycles. The molecular weight excluding hydrogens is 228 g/mol. The molecule has 4 heteroatoms. The topological polar surface area (TPSA) is 50.4 Å². The lowest BCUT2D eigenvalue weighted by Gasteiger charge is -2.17. The number of carbonyl (C=O) groups excluding carboxylic acids is 1. The Balaban J connectivity index is 2.68. The summed E-state index contributed by atoms with van der Waals surface area (Å²) in [6.45, 7) is 5.10. The lowest BCUT2D eigenvalue weighted by Crippen LogP contribution is -2.37. The van der Waals surface area contributed by atoms with E-state index in [0.717, 1.165) is 17.7 Å². The van der Waals surface area contributed by atoms with E-state index >= 15 is 0 Å². The lowest BCUT2D eigenvalue weighted by molar-refractivity contribution is -0.121. The molecule has 0 bridgehead atoms. The van der Waals surface area contributed by atoms with Gasteiger partial charge in [0, 0.05) is 19.3 Å². The second kappa shape index (κ2) is 7.71. The molecule has 0 saturated carbocycles. The highest BCUT2D eigenvalue weighted by atomic mass is 16.5. The molecule has 1 rings (SSSR count). The minimum absolute atomic E-state index is 0.0130. The van der Waals surface area contributed by atoms with Crippen LogP contribution in [0.25, 0.3) is 0 Å². The number of rotatable bonds is 7. The molecule has 1 unspecified atom stereocenters. The maximum absolute atomic E-state index is 11.7. The largest absolute Gasteiger partial charge is 0.384 e. The quantitative estimate of drug-likeness (QED) is 0.776. The van der Waals surface area contributed by atoms with Crippen molar-refractivity contribution in [3.63, 3.8) is 0 Å². The summed E-state index contributed by atoms with van der Waals surface area (Å²) >= 11 is 0. The molecule has 1 atom stereocenters. The van der Waals surface area contributed by atoms with E-state index in [9.17, 15) is 4.79 Å². The number of benzene rings is 1. The normalized spacial score (nSPS) is 11.9. The second-order valence-corrected chi connectivity index (χ2v) is 4.16. The summed E-state index contributed by atoms with van der Waals surface area (Å²) in [4.78, 5) is 11.7. The standard InChI is InChI=1S/C14H22N2O2/c1-4-15-14(17)11(2)16-13-8-6-5-7-12(13)9-10-18-3/h5-8,11,16H,4,9-10H2,1-3H3,(H,15,17). The van der Waals surface area contributed by atoms with Gasteiger partial charge in [0.1, 0.15) is 6.04 Å². The van der Waals surface area contributed by atoms with Crippen LogP contribution in [0.3, 0.4) is 0 Å². The van der Waals surface area contributed by atoms with Gasteiger partial charge in [-0.3, -0.25) is 4.79 Å². The smallest absolute Gasteiger partial charge is 0.242 e. The van der Waals surface area contributed by atoms with Crippen LogP contribution in [0.4, 0.5) is 5.69 Å². The minimum Gasteiger partial charge on any atom is -0.384 e. The third-order valence-corrected chi connectivity index (χ3v) is 2.71. The van der Waals surface area contributed by atoms with Crippen molar-refractivity contribution in [1.29, 1.82) is 0 Å². The molecule has 100 valence electrons. The maximum Gasteiger partial charge on any atom is 0.242 e. The molecule has 2 N–H and O–H groups in total. The number of para-hydroxylation sites is 1. The van der Waals surface area contributed by atoms with Crippen LogP contribution >= 0.6 is 0 Å². The highest BCUT2D eigenvalue weighted by molar-refractivity contribution is 5.84. The van der Waals surface area contributed by atoms with Gasteiger partial charge in [0.25, 0.3) is 0 Å². The zero-order chi connectivity index (χ0) is 13.4. The van der Waals surface area contributed by atoms with Crippen LogP contribution in [-0.4, -0.2) is 32.2 Å². The Morgan fingerprint density at radius 1 is 1.39 bits per heavy atom. The second-order valence-electron chi connectivity index (χ2n) is 4.16. The maximum atomic E-state index is 11.7. The average molecular weight is 250 g/mol. The zero-order valence-electron chi connectivity index (χ0n) is 11.3. The highest BCUT2D eigenvalue weighted by Crippen LogP contribution is 2.16. The van der Waals surface area contributed by atoms with Crippen molar-refractivity contribution in [3.05, 3.63) is 29.8 Å². The van der Waals surface area contributed by atoms with Crippen LogP contribution in [0.15, 0.2) is 24.3 Å². The van der Waals surface area contributed by atoms with E-state index in [1.807, 2.05) is 38.1 Å². The van der Waals surface area contributed by atoms with Crippen LogP contribution in [0, 0.1) is 0 Å². The summed E-state index contributed by atoms with van der Waals surface area (Å²) in [6, 6.07) is 7.75. The van der Waals surface area contributed by atoms with Gasteiger partial charge in [-0.1, -0.05) is 18.2 Å². The van der Waals surface area contributed by atoms with Crippen LogP contribution in [0.1, 0.15) is 19.4 Å². The Labute approximate surface area is 109 Å². The van der Waals surface area contributed by atoms with Crippen molar-refractivity contribution in [2.75, 3.05) is 25.6 Å². The number of ether oxygens (including phenoxy) is 1. The Morgan fingerprint density at radius 3 is 2.78 bits per heavy atom. The average Bonchev–Trinajstić information content (AvgIpc) is 2.38. The van der Waals surface area contributed by atoms with E-state index in [1.165, 1.54) is 0 Å². The van der Waals surface area contributed by atoms with Crippen molar-refractivity contribution >= 4 is 11.6 Å². The van der Waals surface area contributed by atoms with Crippen LogP contribution in [0.2, 0.25) is 0 Å². The summed E-state index contributed by atoms with van der Waals surface area (Å²) in [5, 5.41) is 6.04. The van der Waals surface area contributed by atoms with Gasteiger partial charge in [0.15, 0.2) is 0 Å². The van der Waals surface area contributed by atoms with Gasteiger partial charge in [0.05, 0.1) is 6.61 Å². The van der Waals surface area contributed by atoms with Crippen molar-refractivity contribution < 1.29 is 9.53 Å². The molecule has 0 aliphatic carbocycles. The molecule has 4 nitrogen and oxygen atoms in total. The number of nitrogens with one attached hydrogen (secondary N) is 2. The molecule has 1 aromatic rings. The predicted molar refractivity (Wildman–Crippen MR) is 73.8 cm³/mol. The molecule has 0 radical (unpaired) electrons. The summed E-state index contributed by atoms with van der Waals surface area (Å²) in [5.41, 5.74) is 2.16. The number of methoxy groups -OCH3 is 1. The number of hydrogen-bond donors (Lipinski definition) is 2. The van der Waals surface area contributed by atoms with Gasteiger partial charge in [-0.05, 0) is 31.9 Å². The number of hydrogen-bond acceptors (Lipinski definition) is 3. The van der Waals surface area contributed by atoms with E-state index in [2.05, 4.69) is 10.6 Å². The fraction of sp³-hybridized carbons (Fsp3) is 0.500. The van der Waals surface area contributed by atoms with E-state index in [0.29, 0.717) is 13.2 Å². The third kappa shape index (κ3) is 4.37. The van der Waals surface area contributed by atoms with Gasteiger partial charge in [-0.2, -0.15) is 0 Å². The molecule has 18 heavy (non-hydrogen) atoms. The zero-order valence-corrected chi connectivity index (χ0v) is 11.3. The molecule has 1 aromatic carbocycles. The van der Waals surface area contributed by atoms with Crippen molar-refractivity contribution in [2.45, 2.75) is 26.3 Å². The predicted octanol–water partition coefficient (Wildman–Crippen LogP) is 1.81. The summed E-state index contributed by atoms with van der Waals surface area (Å²) in [7, 11) is 1.69. The first-order valence-electron chi connectivity index (χ1n) is 6.30. The van der Waals surface area contributed by atoms with Crippen LogP contribution in [0.5, 0.6) is 0 Å². The van der Waals surface area contributed by atoms with Gasteiger partial charge in [-0.15, -0.1) is 0 Å². The molecule has 0 aliphatic heterocycles. The Morgan fingerprint density at radius 2 is 2.11 bits per heavy atom. The van der Waals surface area contributed by atoms with E-state index in [1.54, 1.807) is 7.11 Å². The molecule has 0 saturated heterocycles. The van der Waals surface area contributed by atoms with Crippen molar-refractivity contribution in [1.82, 2.24) is 5.32 Å². The third-order valence-electron chi connectivity index (χ3n) is 2.71. The fourth-order valence-corrected chi connectivity index (χ4v) is 1.72. The Hall–Kier alpha value is -1.55. The lowest BCUT2D eigenvalue weighted by atomic mass is 10.1. The molecule has 0 fully saturated rings. The molecule has 0 aliphatic rings. The molecular formula is C14H22N2O2. The first-order chi connectivity index (χ1) is 8.69. The highest BCUT2D eigenvalue weighted by Gasteiger charge is 2.12. The van der Waals surface area contributed by atoms with Crippen LogP contribution < -0.4 is 10.6 Å².